The molecule has 164 valence electrons. The lowest BCUT2D eigenvalue weighted by Gasteiger charge is -2.19. The molecule has 0 atom stereocenters. The number of hydrogen-bond acceptors (Lipinski definition) is 2. The van der Waals surface area contributed by atoms with E-state index in [1.165, 1.54) is 43.8 Å². The monoisotopic (exact) mass is 440 g/mol. The van der Waals surface area contributed by atoms with Gasteiger partial charge in [-0.05, 0) is 63.1 Å². The molecule has 0 aromatic heterocycles. The van der Waals surface area contributed by atoms with Gasteiger partial charge in [-0.2, -0.15) is 0 Å². The Labute approximate surface area is 200 Å². The summed E-state index contributed by atoms with van der Waals surface area (Å²) >= 11 is 0. The average Bonchev–Trinajstić information content (AvgIpc) is 3.15. The van der Waals surface area contributed by atoms with Crippen LogP contribution in [0.3, 0.4) is 0 Å². The minimum absolute atomic E-state index is 0.470. The summed E-state index contributed by atoms with van der Waals surface area (Å²) in [5.74, 6) is 0.657. The Morgan fingerprint density at radius 2 is 1.12 bits per heavy atom. The van der Waals surface area contributed by atoms with E-state index in [9.17, 15) is 0 Å². The summed E-state index contributed by atoms with van der Waals surface area (Å²) in [7, 11) is -0.470. The first kappa shape index (κ1) is 20.8. The van der Waals surface area contributed by atoms with Crippen molar-refractivity contribution >= 4 is 34.1 Å². The summed E-state index contributed by atoms with van der Waals surface area (Å²) in [5.41, 5.74) is 5.35. The summed E-state index contributed by atoms with van der Waals surface area (Å²) < 4.78 is 12.3. The van der Waals surface area contributed by atoms with Gasteiger partial charge in [0.2, 0.25) is 0 Å². The minimum Gasteiger partial charge on any atom is -0.534 e. The Morgan fingerprint density at radius 1 is 0.618 bits per heavy atom. The maximum absolute atomic E-state index is 6.22. The van der Waals surface area contributed by atoms with Crippen molar-refractivity contribution in [2.24, 2.45) is 0 Å². The second kappa shape index (κ2) is 7.90. The van der Waals surface area contributed by atoms with Gasteiger partial charge >= 0.3 is 7.12 Å². The molecule has 0 unspecified atom stereocenters. The first-order chi connectivity index (χ1) is 16.5. The first-order valence-electron chi connectivity index (χ1n) is 11.7. The molecule has 0 spiro atoms. The van der Waals surface area contributed by atoms with E-state index >= 15 is 0 Å². The molecule has 1 fully saturated rings. The minimum atomic E-state index is -0.513. The molecule has 0 saturated carbocycles. The highest BCUT2D eigenvalue weighted by molar-refractivity contribution is 6.62. The first-order valence-corrected chi connectivity index (χ1v) is 11.7. The van der Waals surface area contributed by atoms with Crippen LogP contribution in [0.4, 0.5) is 0 Å². The summed E-state index contributed by atoms with van der Waals surface area (Å²) in [5, 5.41) is 4.87. The second-order valence-electron chi connectivity index (χ2n) is 9.33. The van der Waals surface area contributed by atoms with E-state index in [0.717, 1.165) is 5.46 Å². The van der Waals surface area contributed by atoms with Crippen molar-refractivity contribution in [3.8, 4) is 22.3 Å². The van der Waals surface area contributed by atoms with Crippen molar-refractivity contribution in [3.63, 3.8) is 0 Å². The van der Waals surface area contributed by atoms with Gasteiger partial charge in [0.05, 0.1) is 5.76 Å². The maximum Gasteiger partial charge on any atom is 0.563 e. The van der Waals surface area contributed by atoms with Gasteiger partial charge < -0.3 is 9.31 Å². The lowest BCUT2D eigenvalue weighted by molar-refractivity contribution is 0.173. The maximum atomic E-state index is 6.22. The molecule has 1 saturated heterocycles. The van der Waals surface area contributed by atoms with Crippen molar-refractivity contribution in [3.05, 3.63) is 115 Å². The van der Waals surface area contributed by atoms with Crippen LogP contribution in [0.25, 0.3) is 43.8 Å². The molecule has 0 radical (unpaired) electrons. The fourth-order valence-corrected chi connectivity index (χ4v) is 4.94. The lowest BCUT2D eigenvalue weighted by Crippen LogP contribution is -2.34. The Kier molecular flexibility index (Phi) is 4.82. The van der Waals surface area contributed by atoms with Gasteiger partial charge in [0.15, 0.2) is 0 Å². The van der Waals surface area contributed by atoms with Crippen LogP contribution in [0, 0.1) is 0 Å². The molecule has 1 aliphatic rings. The van der Waals surface area contributed by atoms with E-state index in [0.29, 0.717) is 5.76 Å². The Bertz CT molecular complexity index is 1540. The van der Waals surface area contributed by atoms with Crippen LogP contribution in [-0.4, -0.2) is 12.7 Å². The molecule has 0 N–H and O–H groups in total. The third kappa shape index (κ3) is 3.32. The number of rotatable bonds is 3. The summed E-state index contributed by atoms with van der Waals surface area (Å²) in [6.07, 6.45) is 0. The van der Waals surface area contributed by atoms with Crippen LogP contribution in [0.5, 0.6) is 0 Å². The molecule has 2 nitrogen and oxygen atoms in total. The van der Waals surface area contributed by atoms with Gasteiger partial charge in [-0.1, -0.05) is 110 Å². The molecule has 1 aliphatic heterocycles. The van der Waals surface area contributed by atoms with E-state index in [4.69, 9.17) is 9.31 Å². The van der Waals surface area contributed by atoms with Crippen molar-refractivity contribution in [2.75, 3.05) is 0 Å². The molecular weight excluding hydrogens is 415 g/mol. The molecule has 1 heterocycles. The van der Waals surface area contributed by atoms with E-state index in [1.54, 1.807) is 0 Å². The average molecular weight is 440 g/mol. The standard InChI is InChI=1S/C31H25BO2/c1-21-31(2,3)34-32(33-21)24-18-19-27-28(20-24)30(23-14-8-5-9-15-23)26-17-11-10-16-25(26)29(27)22-12-6-4-7-13-22/h4-20H,1H2,2-3H3. The van der Waals surface area contributed by atoms with Crippen LogP contribution in [0.1, 0.15) is 13.8 Å². The molecule has 34 heavy (non-hydrogen) atoms. The molecule has 0 bridgehead atoms. The zero-order chi connectivity index (χ0) is 23.3. The van der Waals surface area contributed by atoms with Gasteiger partial charge in [-0.15, -0.1) is 0 Å². The van der Waals surface area contributed by atoms with Crippen LogP contribution in [-0.2, 0) is 9.31 Å². The van der Waals surface area contributed by atoms with Crippen molar-refractivity contribution in [2.45, 2.75) is 19.4 Å². The predicted octanol–water partition coefficient (Wildman–Crippen LogP) is 7.36. The number of hydrogen-bond donors (Lipinski definition) is 0. The van der Waals surface area contributed by atoms with Crippen LogP contribution < -0.4 is 5.46 Å². The Balaban J connectivity index is 1.71. The molecule has 3 heteroatoms. The number of benzene rings is 5. The van der Waals surface area contributed by atoms with Crippen molar-refractivity contribution in [1.29, 1.82) is 0 Å². The molecule has 6 rings (SSSR count). The molecular formula is C31H25BO2. The normalized spacial score (nSPS) is 15.1. The smallest absolute Gasteiger partial charge is 0.534 e. The van der Waals surface area contributed by atoms with Gasteiger partial charge in [0.25, 0.3) is 0 Å². The van der Waals surface area contributed by atoms with E-state index in [2.05, 4.69) is 110 Å². The molecule has 0 aliphatic carbocycles. The highest BCUT2D eigenvalue weighted by Crippen LogP contribution is 2.43. The Morgan fingerprint density at radius 3 is 1.65 bits per heavy atom. The fourth-order valence-electron chi connectivity index (χ4n) is 4.94. The lowest BCUT2D eigenvalue weighted by atomic mass is 9.76. The number of fused-ring (bicyclic) bond motifs is 2. The van der Waals surface area contributed by atoms with Crippen LogP contribution >= 0.6 is 0 Å². The second-order valence-corrected chi connectivity index (χ2v) is 9.33. The quantitative estimate of drug-likeness (QED) is 0.216. The summed E-state index contributed by atoms with van der Waals surface area (Å²) in [4.78, 5) is 0. The van der Waals surface area contributed by atoms with Gasteiger partial charge in [-0.25, -0.2) is 0 Å². The third-order valence-corrected chi connectivity index (χ3v) is 6.77. The van der Waals surface area contributed by atoms with Gasteiger partial charge in [-0.3, -0.25) is 0 Å². The SMILES string of the molecule is C=C1OB(c2ccc3c(-c4ccccc4)c4ccccc4c(-c4ccccc4)c3c2)OC1(C)C. The summed E-state index contributed by atoms with van der Waals surface area (Å²) in [6.45, 7) is 8.04. The largest absolute Gasteiger partial charge is 0.563 e. The van der Waals surface area contributed by atoms with Crippen molar-refractivity contribution < 1.29 is 9.31 Å². The molecule has 0 amide bonds. The Hall–Kier alpha value is -3.82. The van der Waals surface area contributed by atoms with Gasteiger partial charge in [0.1, 0.15) is 5.60 Å². The zero-order valence-corrected chi connectivity index (χ0v) is 19.4. The van der Waals surface area contributed by atoms with E-state index < -0.39 is 12.7 Å². The topological polar surface area (TPSA) is 18.5 Å². The molecule has 5 aromatic rings. The van der Waals surface area contributed by atoms with Gasteiger partial charge in [0, 0.05) is 0 Å². The van der Waals surface area contributed by atoms with Crippen LogP contribution in [0.2, 0.25) is 0 Å². The van der Waals surface area contributed by atoms with Crippen LogP contribution in [0.15, 0.2) is 115 Å². The highest BCUT2D eigenvalue weighted by atomic mass is 16.7. The molecule has 5 aromatic carbocycles. The highest BCUT2D eigenvalue weighted by Gasteiger charge is 2.42. The van der Waals surface area contributed by atoms with Crippen molar-refractivity contribution in [1.82, 2.24) is 0 Å². The van der Waals surface area contributed by atoms with E-state index in [1.807, 2.05) is 13.8 Å². The fraction of sp³-hybridized carbons (Fsp3) is 0.0968. The van der Waals surface area contributed by atoms with E-state index in [-0.39, 0.29) is 0 Å². The summed E-state index contributed by atoms with van der Waals surface area (Å²) in [6, 6.07) is 36.5. The zero-order valence-electron chi connectivity index (χ0n) is 19.4. The third-order valence-electron chi connectivity index (χ3n) is 6.77. The predicted molar refractivity (Wildman–Crippen MR) is 143 cm³/mol.